The maximum Gasteiger partial charge on any atom is 0.356 e. The van der Waals surface area contributed by atoms with Gasteiger partial charge in [-0.15, -0.1) is 0 Å². The number of aliphatic hydroxyl groups excluding tert-OH is 1. The Morgan fingerprint density at radius 2 is 2.05 bits per heavy atom. The summed E-state index contributed by atoms with van der Waals surface area (Å²) in [6, 6.07) is 9.35. The zero-order valence-electron chi connectivity index (χ0n) is 10.3. The molecular weight excluding hydrogens is 244 g/mol. The summed E-state index contributed by atoms with van der Waals surface area (Å²) in [5.41, 5.74) is 1.49. The van der Waals surface area contributed by atoms with Crippen LogP contribution in [0, 0.1) is 0 Å². The van der Waals surface area contributed by atoms with Crippen molar-refractivity contribution in [3.8, 4) is 11.4 Å². The Kier molecular flexibility index (Phi) is 2.83. The highest BCUT2D eigenvalue weighted by Crippen LogP contribution is 2.32. The van der Waals surface area contributed by atoms with Crippen LogP contribution in [-0.2, 0) is 6.42 Å². The van der Waals surface area contributed by atoms with Crippen molar-refractivity contribution in [1.82, 2.24) is 9.55 Å². The third kappa shape index (κ3) is 1.92. The molecule has 1 aliphatic heterocycles. The van der Waals surface area contributed by atoms with Gasteiger partial charge in [-0.25, -0.2) is 9.78 Å². The summed E-state index contributed by atoms with van der Waals surface area (Å²) in [4.78, 5) is 15.5. The van der Waals surface area contributed by atoms with E-state index in [0.29, 0.717) is 24.4 Å². The van der Waals surface area contributed by atoms with E-state index in [2.05, 4.69) is 4.98 Å². The van der Waals surface area contributed by atoms with E-state index < -0.39 is 12.2 Å². The molecule has 0 fully saturated rings. The van der Waals surface area contributed by atoms with E-state index in [-0.39, 0.29) is 5.69 Å². The summed E-state index contributed by atoms with van der Waals surface area (Å²) >= 11 is 0. The van der Waals surface area contributed by atoms with Crippen LogP contribution in [0.5, 0.6) is 0 Å². The Morgan fingerprint density at radius 3 is 2.74 bits per heavy atom. The molecule has 0 bridgehead atoms. The Balaban J connectivity index is 2.23. The lowest BCUT2D eigenvalue weighted by Gasteiger charge is -2.23. The SMILES string of the molecule is O=C(O)c1nc(-c2ccccc2)n2c1CCCC2O. The summed E-state index contributed by atoms with van der Waals surface area (Å²) in [7, 11) is 0. The lowest BCUT2D eigenvalue weighted by molar-refractivity contribution is 0.0678. The van der Waals surface area contributed by atoms with Gasteiger partial charge in [-0.2, -0.15) is 0 Å². The van der Waals surface area contributed by atoms with Gasteiger partial charge in [0.2, 0.25) is 0 Å². The van der Waals surface area contributed by atoms with Gasteiger partial charge in [0.05, 0.1) is 5.69 Å². The van der Waals surface area contributed by atoms with Crippen molar-refractivity contribution in [2.75, 3.05) is 0 Å². The van der Waals surface area contributed by atoms with Gasteiger partial charge in [0.15, 0.2) is 5.69 Å². The van der Waals surface area contributed by atoms with Gasteiger partial charge < -0.3 is 14.8 Å². The molecule has 5 heteroatoms. The molecule has 1 aromatic heterocycles. The normalized spacial score (nSPS) is 18.1. The minimum absolute atomic E-state index is 0.0533. The molecule has 3 rings (SSSR count). The molecule has 2 aromatic rings. The number of aromatic nitrogens is 2. The van der Waals surface area contributed by atoms with E-state index in [9.17, 15) is 15.0 Å². The van der Waals surface area contributed by atoms with E-state index in [4.69, 9.17) is 0 Å². The fourth-order valence-corrected chi connectivity index (χ4v) is 2.57. The monoisotopic (exact) mass is 258 g/mol. The molecule has 0 amide bonds. The van der Waals surface area contributed by atoms with E-state index in [0.717, 1.165) is 12.0 Å². The van der Waals surface area contributed by atoms with E-state index in [1.807, 2.05) is 30.3 Å². The maximum absolute atomic E-state index is 11.3. The molecule has 1 atom stereocenters. The van der Waals surface area contributed by atoms with Crippen LogP contribution in [0.2, 0.25) is 0 Å². The van der Waals surface area contributed by atoms with Gasteiger partial charge in [-0.05, 0) is 19.3 Å². The number of hydrogen-bond donors (Lipinski definition) is 2. The number of aliphatic hydroxyl groups is 1. The number of carboxylic acid groups (broad SMARTS) is 1. The van der Waals surface area contributed by atoms with Gasteiger partial charge in [-0.3, -0.25) is 0 Å². The molecule has 0 saturated heterocycles. The van der Waals surface area contributed by atoms with Gasteiger partial charge in [0.1, 0.15) is 12.1 Å². The number of carbonyl (C=O) groups is 1. The number of aromatic carboxylic acids is 1. The van der Waals surface area contributed by atoms with Crippen LogP contribution in [-0.4, -0.2) is 25.7 Å². The van der Waals surface area contributed by atoms with Crippen molar-refractivity contribution in [1.29, 1.82) is 0 Å². The van der Waals surface area contributed by atoms with Crippen LogP contribution in [0.25, 0.3) is 11.4 Å². The fraction of sp³-hybridized carbons (Fsp3) is 0.286. The first-order valence-corrected chi connectivity index (χ1v) is 6.26. The summed E-state index contributed by atoms with van der Waals surface area (Å²) in [5, 5.41) is 19.4. The van der Waals surface area contributed by atoms with E-state index in [1.54, 1.807) is 4.57 Å². The predicted molar refractivity (Wildman–Crippen MR) is 68.8 cm³/mol. The summed E-state index contributed by atoms with van der Waals surface area (Å²) in [6.45, 7) is 0. The van der Waals surface area contributed by atoms with Crippen molar-refractivity contribution in [2.24, 2.45) is 0 Å². The summed E-state index contributed by atoms with van der Waals surface area (Å²) in [5.74, 6) is -0.514. The minimum atomic E-state index is -1.04. The highest BCUT2D eigenvalue weighted by Gasteiger charge is 2.28. The first-order valence-electron chi connectivity index (χ1n) is 6.26. The van der Waals surface area contributed by atoms with Gasteiger partial charge in [0.25, 0.3) is 0 Å². The minimum Gasteiger partial charge on any atom is -0.476 e. The van der Waals surface area contributed by atoms with Crippen molar-refractivity contribution < 1.29 is 15.0 Å². The molecule has 2 heterocycles. The predicted octanol–water partition coefficient (Wildman–Crippen LogP) is 2.08. The molecule has 98 valence electrons. The van der Waals surface area contributed by atoms with Crippen molar-refractivity contribution in [3.05, 3.63) is 41.7 Å². The molecule has 1 aromatic carbocycles. The first kappa shape index (κ1) is 11.9. The fourth-order valence-electron chi connectivity index (χ4n) is 2.57. The number of hydrogen-bond acceptors (Lipinski definition) is 3. The summed E-state index contributed by atoms with van der Waals surface area (Å²) in [6.07, 6.45) is 1.35. The van der Waals surface area contributed by atoms with Gasteiger partial charge >= 0.3 is 5.97 Å². The standard InChI is InChI=1S/C14H14N2O3/c17-11-8-4-7-10-12(14(18)19)15-13(16(10)11)9-5-2-1-3-6-9/h1-3,5-6,11,17H,4,7-8H2,(H,18,19). The Hall–Kier alpha value is -2.14. The topological polar surface area (TPSA) is 75.3 Å². The van der Waals surface area contributed by atoms with Crippen LogP contribution < -0.4 is 0 Å². The lowest BCUT2D eigenvalue weighted by atomic mass is 10.1. The molecule has 19 heavy (non-hydrogen) atoms. The number of fused-ring (bicyclic) bond motifs is 1. The number of nitrogens with zero attached hydrogens (tertiary/aromatic N) is 2. The Bertz CT molecular complexity index is 619. The summed E-state index contributed by atoms with van der Waals surface area (Å²) < 4.78 is 1.66. The number of rotatable bonds is 2. The van der Waals surface area contributed by atoms with Crippen LogP contribution in [0.4, 0.5) is 0 Å². The van der Waals surface area contributed by atoms with Crippen molar-refractivity contribution in [3.63, 3.8) is 0 Å². The molecule has 1 aliphatic rings. The molecule has 0 aliphatic carbocycles. The maximum atomic E-state index is 11.3. The van der Waals surface area contributed by atoms with E-state index >= 15 is 0 Å². The first-order chi connectivity index (χ1) is 9.18. The molecular formula is C14H14N2O3. The second-order valence-electron chi connectivity index (χ2n) is 4.64. The average molecular weight is 258 g/mol. The Labute approximate surface area is 110 Å². The molecule has 1 unspecified atom stereocenters. The van der Waals surface area contributed by atoms with Crippen molar-refractivity contribution in [2.45, 2.75) is 25.5 Å². The average Bonchev–Trinajstić information content (AvgIpc) is 2.81. The quantitative estimate of drug-likeness (QED) is 0.864. The Morgan fingerprint density at radius 1 is 1.32 bits per heavy atom. The number of carboxylic acids is 1. The third-order valence-electron chi connectivity index (χ3n) is 3.42. The van der Waals surface area contributed by atoms with Gasteiger partial charge in [0, 0.05) is 5.56 Å². The zero-order valence-corrected chi connectivity index (χ0v) is 10.3. The van der Waals surface area contributed by atoms with Gasteiger partial charge in [-0.1, -0.05) is 30.3 Å². The van der Waals surface area contributed by atoms with Crippen molar-refractivity contribution >= 4 is 5.97 Å². The molecule has 0 spiro atoms. The molecule has 0 radical (unpaired) electrons. The van der Waals surface area contributed by atoms with Crippen LogP contribution >= 0.6 is 0 Å². The van der Waals surface area contributed by atoms with Crippen LogP contribution in [0.15, 0.2) is 30.3 Å². The third-order valence-corrected chi connectivity index (χ3v) is 3.42. The largest absolute Gasteiger partial charge is 0.476 e. The zero-order chi connectivity index (χ0) is 13.4. The van der Waals surface area contributed by atoms with Crippen LogP contribution in [0.3, 0.4) is 0 Å². The highest BCUT2D eigenvalue weighted by atomic mass is 16.4. The van der Waals surface area contributed by atoms with Crippen LogP contribution in [0.1, 0.15) is 35.3 Å². The number of benzene rings is 1. The lowest BCUT2D eigenvalue weighted by Crippen LogP contribution is -2.19. The second kappa shape index (κ2) is 4.51. The highest BCUT2D eigenvalue weighted by molar-refractivity contribution is 5.88. The van der Waals surface area contributed by atoms with E-state index in [1.165, 1.54) is 0 Å². The molecule has 5 nitrogen and oxygen atoms in total. The number of imidazole rings is 1. The molecule has 2 N–H and O–H groups in total. The second-order valence-corrected chi connectivity index (χ2v) is 4.64. The smallest absolute Gasteiger partial charge is 0.356 e. The molecule has 0 saturated carbocycles.